The second kappa shape index (κ2) is 5.05. The number of hydrogen-bond donors (Lipinski definition) is 1. The van der Waals surface area contributed by atoms with Crippen molar-refractivity contribution >= 4 is 32.9 Å². The summed E-state index contributed by atoms with van der Waals surface area (Å²) in [5, 5.41) is 0. The number of anilines is 1. The number of pyridine rings is 1. The van der Waals surface area contributed by atoms with Crippen LogP contribution in [0, 0.1) is 13.8 Å². The Morgan fingerprint density at radius 2 is 1.95 bits per heavy atom. The molecule has 104 valence electrons. The first-order valence-electron chi connectivity index (χ1n) is 6.03. The van der Waals surface area contributed by atoms with Gasteiger partial charge in [0.1, 0.15) is 10.8 Å². The summed E-state index contributed by atoms with van der Waals surface area (Å²) >= 11 is 5.09. The predicted octanol–water partition coefficient (Wildman–Crippen LogP) is 0.567. The topological polar surface area (TPSA) is 76.3 Å². The fourth-order valence-electron chi connectivity index (χ4n) is 2.27. The Labute approximate surface area is 118 Å². The first-order valence-corrected chi connectivity index (χ1v) is 8.26. The minimum Gasteiger partial charge on any atom is -0.389 e. The maximum absolute atomic E-state index is 11.5. The molecule has 1 aromatic rings. The van der Waals surface area contributed by atoms with Crippen LogP contribution >= 0.6 is 12.2 Å². The van der Waals surface area contributed by atoms with Crippen molar-refractivity contribution in [1.82, 2.24) is 4.98 Å². The van der Waals surface area contributed by atoms with Crippen molar-refractivity contribution in [3.05, 3.63) is 22.9 Å². The van der Waals surface area contributed by atoms with Gasteiger partial charge in [-0.15, -0.1) is 0 Å². The van der Waals surface area contributed by atoms with Crippen LogP contribution in [0.3, 0.4) is 0 Å². The second-order valence-corrected chi connectivity index (χ2v) is 7.53. The number of nitrogens with zero attached hydrogens (tertiary/aromatic N) is 2. The molecule has 19 heavy (non-hydrogen) atoms. The Hall–Kier alpha value is -1.21. The van der Waals surface area contributed by atoms with Crippen LogP contribution < -0.4 is 10.6 Å². The summed E-state index contributed by atoms with van der Waals surface area (Å²) in [6.07, 6.45) is 0. The van der Waals surface area contributed by atoms with E-state index in [0.29, 0.717) is 23.9 Å². The number of aromatic nitrogens is 1. The van der Waals surface area contributed by atoms with Gasteiger partial charge in [-0.25, -0.2) is 13.4 Å². The molecule has 1 saturated heterocycles. The molecule has 0 radical (unpaired) electrons. The summed E-state index contributed by atoms with van der Waals surface area (Å²) in [6.45, 7) is 4.72. The molecule has 1 aliphatic heterocycles. The minimum atomic E-state index is -2.91. The van der Waals surface area contributed by atoms with Crippen molar-refractivity contribution in [2.75, 3.05) is 29.5 Å². The standard InChI is InChI=1S/C12H17N3O2S2/c1-8-7-9(2)14-12(10(8)11(13)18)15-3-5-19(16,17)6-4-15/h7H,3-6H2,1-2H3,(H2,13,18). The molecule has 0 atom stereocenters. The Morgan fingerprint density at radius 3 is 2.47 bits per heavy atom. The van der Waals surface area contributed by atoms with Gasteiger partial charge in [-0.1, -0.05) is 12.2 Å². The van der Waals surface area contributed by atoms with Crippen LogP contribution in [0.2, 0.25) is 0 Å². The summed E-state index contributed by atoms with van der Waals surface area (Å²) in [6, 6.07) is 1.93. The lowest BCUT2D eigenvalue weighted by molar-refractivity contribution is 0.586. The zero-order chi connectivity index (χ0) is 14.2. The number of thiocarbonyl (C=S) groups is 1. The molecular weight excluding hydrogens is 282 g/mol. The average Bonchev–Trinajstić information content (AvgIpc) is 2.26. The van der Waals surface area contributed by atoms with E-state index >= 15 is 0 Å². The molecule has 1 aromatic heterocycles. The molecule has 1 aliphatic rings. The highest BCUT2D eigenvalue weighted by atomic mass is 32.2. The SMILES string of the molecule is Cc1cc(C)c(C(N)=S)c(N2CCS(=O)(=O)CC2)n1. The van der Waals surface area contributed by atoms with E-state index in [2.05, 4.69) is 4.98 Å². The monoisotopic (exact) mass is 299 g/mol. The normalized spacial score (nSPS) is 18.3. The molecule has 0 aromatic carbocycles. The summed E-state index contributed by atoms with van der Waals surface area (Å²) in [5.74, 6) is 1.01. The molecule has 0 aliphatic carbocycles. The molecule has 2 N–H and O–H groups in total. The molecule has 0 saturated carbocycles. The second-order valence-electron chi connectivity index (χ2n) is 4.78. The summed E-state index contributed by atoms with van der Waals surface area (Å²) < 4.78 is 23.0. The van der Waals surface area contributed by atoms with Crippen LogP contribution in [0.4, 0.5) is 5.82 Å². The van der Waals surface area contributed by atoms with Crippen molar-refractivity contribution in [3.63, 3.8) is 0 Å². The van der Waals surface area contributed by atoms with Gasteiger partial charge in [0, 0.05) is 18.8 Å². The van der Waals surface area contributed by atoms with Gasteiger partial charge in [-0.3, -0.25) is 0 Å². The lowest BCUT2D eigenvalue weighted by atomic mass is 10.1. The highest BCUT2D eigenvalue weighted by Gasteiger charge is 2.25. The van der Waals surface area contributed by atoms with Crippen LogP contribution in [0.1, 0.15) is 16.8 Å². The molecule has 0 unspecified atom stereocenters. The largest absolute Gasteiger partial charge is 0.389 e. The maximum Gasteiger partial charge on any atom is 0.153 e. The molecule has 0 spiro atoms. The molecule has 2 heterocycles. The highest BCUT2D eigenvalue weighted by molar-refractivity contribution is 7.91. The third kappa shape index (κ3) is 3.03. The Kier molecular flexibility index (Phi) is 3.78. The Bertz CT molecular complexity index is 612. The van der Waals surface area contributed by atoms with Gasteiger partial charge in [-0.05, 0) is 25.5 Å². The van der Waals surface area contributed by atoms with Gasteiger partial charge in [0.05, 0.1) is 17.1 Å². The molecule has 1 fully saturated rings. The van der Waals surface area contributed by atoms with Crippen LogP contribution in [0.15, 0.2) is 6.07 Å². The number of aryl methyl sites for hydroxylation is 2. The Balaban J connectivity index is 2.42. The van der Waals surface area contributed by atoms with E-state index < -0.39 is 9.84 Å². The predicted molar refractivity (Wildman–Crippen MR) is 80.5 cm³/mol. The van der Waals surface area contributed by atoms with Gasteiger partial charge in [0.25, 0.3) is 0 Å². The summed E-state index contributed by atoms with van der Waals surface area (Å²) in [7, 11) is -2.91. The quantitative estimate of drug-likeness (QED) is 0.805. The number of hydrogen-bond acceptors (Lipinski definition) is 5. The van der Waals surface area contributed by atoms with Crippen molar-refractivity contribution < 1.29 is 8.42 Å². The van der Waals surface area contributed by atoms with Crippen LogP contribution in [-0.4, -0.2) is 43.0 Å². The van der Waals surface area contributed by atoms with E-state index in [1.54, 1.807) is 0 Å². The van der Waals surface area contributed by atoms with Gasteiger partial charge >= 0.3 is 0 Å². The van der Waals surface area contributed by atoms with Crippen molar-refractivity contribution in [1.29, 1.82) is 0 Å². The maximum atomic E-state index is 11.5. The highest BCUT2D eigenvalue weighted by Crippen LogP contribution is 2.24. The fourth-order valence-corrected chi connectivity index (χ4v) is 3.73. The van der Waals surface area contributed by atoms with E-state index in [1.807, 2.05) is 24.8 Å². The fraction of sp³-hybridized carbons (Fsp3) is 0.500. The molecule has 2 rings (SSSR count). The zero-order valence-corrected chi connectivity index (χ0v) is 12.6. The van der Waals surface area contributed by atoms with Crippen LogP contribution in [-0.2, 0) is 9.84 Å². The first kappa shape index (κ1) is 14.2. The van der Waals surface area contributed by atoms with E-state index in [-0.39, 0.29) is 11.5 Å². The molecule has 0 amide bonds. The summed E-state index contributed by atoms with van der Waals surface area (Å²) in [4.78, 5) is 6.74. The molecular formula is C12H17N3O2S2. The van der Waals surface area contributed by atoms with E-state index in [0.717, 1.165) is 16.8 Å². The lowest BCUT2D eigenvalue weighted by Crippen LogP contribution is -2.41. The van der Waals surface area contributed by atoms with Gasteiger partial charge in [0.2, 0.25) is 0 Å². The van der Waals surface area contributed by atoms with Crippen molar-refractivity contribution in [3.8, 4) is 0 Å². The molecule has 0 bridgehead atoms. The lowest BCUT2D eigenvalue weighted by Gasteiger charge is -2.30. The molecule has 7 heteroatoms. The number of sulfone groups is 1. The van der Waals surface area contributed by atoms with Crippen LogP contribution in [0.5, 0.6) is 0 Å². The number of rotatable bonds is 2. The third-order valence-corrected chi connectivity index (χ3v) is 5.03. The number of nitrogens with two attached hydrogens (primary N) is 1. The summed E-state index contributed by atoms with van der Waals surface area (Å²) in [5.41, 5.74) is 8.37. The smallest absolute Gasteiger partial charge is 0.153 e. The van der Waals surface area contributed by atoms with E-state index in [1.165, 1.54) is 0 Å². The minimum absolute atomic E-state index is 0.151. The first-order chi connectivity index (χ1) is 8.80. The zero-order valence-electron chi connectivity index (χ0n) is 11.0. The van der Waals surface area contributed by atoms with Gasteiger partial charge < -0.3 is 10.6 Å². The Morgan fingerprint density at radius 1 is 1.37 bits per heavy atom. The average molecular weight is 299 g/mol. The van der Waals surface area contributed by atoms with Crippen LogP contribution in [0.25, 0.3) is 0 Å². The van der Waals surface area contributed by atoms with Gasteiger partial charge in [0.15, 0.2) is 9.84 Å². The third-order valence-electron chi connectivity index (χ3n) is 3.22. The van der Waals surface area contributed by atoms with E-state index in [9.17, 15) is 8.42 Å². The van der Waals surface area contributed by atoms with Gasteiger partial charge in [-0.2, -0.15) is 0 Å². The van der Waals surface area contributed by atoms with Crippen molar-refractivity contribution in [2.45, 2.75) is 13.8 Å². The van der Waals surface area contributed by atoms with E-state index in [4.69, 9.17) is 18.0 Å². The molecule has 5 nitrogen and oxygen atoms in total. The van der Waals surface area contributed by atoms with Crippen molar-refractivity contribution in [2.24, 2.45) is 5.73 Å².